The maximum Gasteiger partial charge on any atom is 0.407 e. The fourth-order valence-electron chi connectivity index (χ4n) is 3.04. The highest BCUT2D eigenvalue weighted by molar-refractivity contribution is 7.99. The zero-order valence-electron chi connectivity index (χ0n) is 13.4. The Kier molecular flexibility index (Phi) is 5.77. The van der Waals surface area contributed by atoms with Gasteiger partial charge < -0.3 is 15.2 Å². The van der Waals surface area contributed by atoms with Crippen LogP contribution < -0.4 is 5.32 Å². The number of hydrogen-bond acceptors (Lipinski definition) is 4. The molecule has 0 heterocycles. The predicted molar refractivity (Wildman–Crippen MR) is 97.5 cm³/mol. The monoisotopic (exact) mass is 343 g/mol. The lowest BCUT2D eigenvalue weighted by atomic mass is 9.98. The van der Waals surface area contributed by atoms with E-state index < -0.39 is 0 Å². The highest BCUT2D eigenvalue weighted by Crippen LogP contribution is 2.44. The molecule has 0 aromatic heterocycles. The first-order valence-corrected chi connectivity index (χ1v) is 9.24. The third-order valence-corrected chi connectivity index (χ3v) is 5.06. The maximum atomic E-state index is 11.9. The van der Waals surface area contributed by atoms with Crippen molar-refractivity contribution >= 4 is 17.9 Å². The second-order valence-corrected chi connectivity index (χ2v) is 6.81. The van der Waals surface area contributed by atoms with Crippen LogP contribution in [-0.4, -0.2) is 42.5 Å². The van der Waals surface area contributed by atoms with E-state index in [2.05, 4.69) is 29.6 Å². The molecule has 1 amide bonds. The number of thioether (sulfide) groups is 1. The third kappa shape index (κ3) is 3.74. The van der Waals surface area contributed by atoms with Crippen molar-refractivity contribution in [3.05, 3.63) is 59.7 Å². The van der Waals surface area contributed by atoms with Crippen molar-refractivity contribution < 1.29 is 14.6 Å². The summed E-state index contributed by atoms with van der Waals surface area (Å²) in [6, 6.07) is 16.6. The normalized spacial score (nSPS) is 12.5. The topological polar surface area (TPSA) is 58.6 Å². The molecule has 5 heteroatoms. The van der Waals surface area contributed by atoms with Gasteiger partial charge >= 0.3 is 6.09 Å². The smallest absolute Gasteiger partial charge is 0.407 e. The number of benzene rings is 2. The molecule has 0 aliphatic heterocycles. The summed E-state index contributed by atoms with van der Waals surface area (Å²) in [5.74, 6) is 1.55. The molecule has 0 saturated carbocycles. The van der Waals surface area contributed by atoms with Gasteiger partial charge in [-0.1, -0.05) is 48.5 Å². The highest BCUT2D eigenvalue weighted by atomic mass is 32.2. The molecule has 0 fully saturated rings. The van der Waals surface area contributed by atoms with Crippen molar-refractivity contribution in [3.63, 3.8) is 0 Å². The molecule has 0 atom stereocenters. The van der Waals surface area contributed by atoms with E-state index in [1.807, 2.05) is 24.3 Å². The van der Waals surface area contributed by atoms with Gasteiger partial charge in [0.05, 0.1) is 6.61 Å². The van der Waals surface area contributed by atoms with E-state index in [1.165, 1.54) is 22.3 Å². The Morgan fingerprint density at radius 1 is 1.04 bits per heavy atom. The Balaban J connectivity index is 1.58. The van der Waals surface area contributed by atoms with Crippen LogP contribution in [0.5, 0.6) is 0 Å². The van der Waals surface area contributed by atoms with Gasteiger partial charge in [-0.05, 0) is 22.3 Å². The maximum absolute atomic E-state index is 11.9. The first kappa shape index (κ1) is 16.9. The standard InChI is InChI=1S/C19H21NO3S/c21-10-12-24-11-9-20-19(22)23-13-18-16-7-3-1-5-14(16)15-6-2-4-8-17(15)18/h1-8,18,21H,9-13H2,(H,20,22). The molecule has 3 rings (SSSR count). The molecule has 0 spiro atoms. The van der Waals surface area contributed by atoms with Crippen LogP contribution in [0.25, 0.3) is 11.1 Å². The van der Waals surface area contributed by atoms with Gasteiger partial charge in [-0.15, -0.1) is 0 Å². The second-order valence-electron chi connectivity index (χ2n) is 5.59. The zero-order valence-corrected chi connectivity index (χ0v) is 14.2. The minimum atomic E-state index is -0.388. The molecule has 2 aromatic rings. The van der Waals surface area contributed by atoms with Crippen LogP contribution in [0.2, 0.25) is 0 Å². The largest absolute Gasteiger partial charge is 0.449 e. The van der Waals surface area contributed by atoms with Crippen molar-refractivity contribution in [2.24, 2.45) is 0 Å². The van der Waals surface area contributed by atoms with Crippen LogP contribution in [0.3, 0.4) is 0 Å². The fourth-order valence-corrected chi connectivity index (χ4v) is 3.62. The van der Waals surface area contributed by atoms with E-state index in [9.17, 15) is 4.79 Å². The summed E-state index contributed by atoms with van der Waals surface area (Å²) < 4.78 is 5.44. The van der Waals surface area contributed by atoms with Gasteiger partial charge in [0.25, 0.3) is 0 Å². The molecule has 4 nitrogen and oxygen atoms in total. The summed E-state index contributed by atoms with van der Waals surface area (Å²) >= 11 is 1.60. The van der Waals surface area contributed by atoms with Gasteiger partial charge in [-0.25, -0.2) is 4.79 Å². The van der Waals surface area contributed by atoms with Crippen molar-refractivity contribution in [2.75, 3.05) is 31.3 Å². The summed E-state index contributed by atoms with van der Waals surface area (Å²) in [6.45, 7) is 1.04. The number of amides is 1. The van der Waals surface area contributed by atoms with Crippen LogP contribution in [-0.2, 0) is 4.74 Å². The fraction of sp³-hybridized carbons (Fsp3) is 0.316. The van der Waals surface area contributed by atoms with E-state index in [1.54, 1.807) is 11.8 Å². The molecule has 24 heavy (non-hydrogen) atoms. The van der Waals surface area contributed by atoms with Crippen LogP contribution in [0, 0.1) is 0 Å². The lowest BCUT2D eigenvalue weighted by Crippen LogP contribution is -2.28. The SMILES string of the molecule is O=C(NCCSCCO)OCC1c2ccccc2-c2ccccc21. The number of alkyl carbamates (subject to hydrolysis) is 1. The average molecular weight is 343 g/mol. The van der Waals surface area contributed by atoms with Gasteiger partial charge in [-0.3, -0.25) is 0 Å². The van der Waals surface area contributed by atoms with Crippen LogP contribution in [0.4, 0.5) is 4.79 Å². The molecule has 2 N–H and O–H groups in total. The van der Waals surface area contributed by atoms with E-state index in [-0.39, 0.29) is 18.6 Å². The lowest BCUT2D eigenvalue weighted by molar-refractivity contribution is 0.143. The van der Waals surface area contributed by atoms with Crippen LogP contribution in [0.1, 0.15) is 17.0 Å². The van der Waals surface area contributed by atoms with Gasteiger partial charge in [0, 0.05) is 24.0 Å². The third-order valence-electron chi connectivity index (χ3n) is 4.10. The first-order valence-electron chi connectivity index (χ1n) is 8.08. The van der Waals surface area contributed by atoms with Crippen LogP contribution >= 0.6 is 11.8 Å². The van der Waals surface area contributed by atoms with Crippen molar-refractivity contribution in [3.8, 4) is 11.1 Å². The summed E-state index contributed by atoms with van der Waals surface area (Å²) in [5, 5.41) is 11.5. The number of carbonyl (C=O) groups excluding carboxylic acids is 1. The number of aliphatic hydroxyl groups excluding tert-OH is 1. The summed E-state index contributed by atoms with van der Waals surface area (Å²) in [5.41, 5.74) is 4.88. The molecular weight excluding hydrogens is 322 g/mol. The molecule has 0 unspecified atom stereocenters. The average Bonchev–Trinajstić information content (AvgIpc) is 2.94. The Morgan fingerprint density at radius 2 is 1.67 bits per heavy atom. The predicted octanol–water partition coefficient (Wildman–Crippen LogP) is 3.25. The quantitative estimate of drug-likeness (QED) is 0.758. The van der Waals surface area contributed by atoms with Crippen molar-refractivity contribution in [1.29, 1.82) is 0 Å². The molecule has 0 radical (unpaired) electrons. The number of carbonyl (C=O) groups is 1. The number of rotatable bonds is 7. The summed E-state index contributed by atoms with van der Waals surface area (Å²) in [7, 11) is 0. The van der Waals surface area contributed by atoms with Crippen LogP contribution in [0.15, 0.2) is 48.5 Å². The van der Waals surface area contributed by atoms with Crippen molar-refractivity contribution in [1.82, 2.24) is 5.32 Å². The Labute approximate surface area is 146 Å². The molecular formula is C19H21NO3S. The molecule has 126 valence electrons. The van der Waals surface area contributed by atoms with E-state index >= 15 is 0 Å². The minimum Gasteiger partial charge on any atom is -0.449 e. The molecule has 0 bridgehead atoms. The van der Waals surface area contributed by atoms with Crippen molar-refractivity contribution in [2.45, 2.75) is 5.92 Å². The Bertz CT molecular complexity index is 659. The van der Waals surface area contributed by atoms with Gasteiger partial charge in [-0.2, -0.15) is 11.8 Å². The lowest BCUT2D eigenvalue weighted by Gasteiger charge is -2.14. The molecule has 1 aliphatic rings. The molecule has 1 aliphatic carbocycles. The zero-order chi connectivity index (χ0) is 16.8. The molecule has 2 aromatic carbocycles. The number of fused-ring (bicyclic) bond motifs is 3. The van der Waals surface area contributed by atoms with E-state index in [0.717, 1.165) is 5.75 Å². The van der Waals surface area contributed by atoms with E-state index in [4.69, 9.17) is 9.84 Å². The highest BCUT2D eigenvalue weighted by Gasteiger charge is 2.28. The Hall–Kier alpha value is -1.98. The minimum absolute atomic E-state index is 0.0897. The second kappa shape index (κ2) is 8.22. The number of aliphatic hydroxyl groups is 1. The Morgan fingerprint density at radius 3 is 2.29 bits per heavy atom. The van der Waals surface area contributed by atoms with E-state index in [0.29, 0.717) is 18.9 Å². The summed E-state index contributed by atoms with van der Waals surface area (Å²) in [4.78, 5) is 11.9. The number of hydrogen-bond donors (Lipinski definition) is 2. The number of ether oxygens (including phenoxy) is 1. The van der Waals surface area contributed by atoms with Gasteiger partial charge in [0.1, 0.15) is 6.61 Å². The first-order chi connectivity index (χ1) is 11.8. The summed E-state index contributed by atoms with van der Waals surface area (Å²) in [6.07, 6.45) is -0.388. The van der Waals surface area contributed by atoms with Gasteiger partial charge in [0.2, 0.25) is 0 Å². The molecule has 0 saturated heterocycles. The number of nitrogens with one attached hydrogen (secondary N) is 1. The van der Waals surface area contributed by atoms with Gasteiger partial charge in [0.15, 0.2) is 0 Å².